The number of pyridine rings is 1. The molecular formula is C14H13ClN4. The number of rotatable bonds is 3. The van der Waals surface area contributed by atoms with Crippen molar-refractivity contribution in [3.63, 3.8) is 0 Å². The van der Waals surface area contributed by atoms with Gasteiger partial charge in [0.05, 0.1) is 6.54 Å². The van der Waals surface area contributed by atoms with Crippen LogP contribution in [-0.4, -0.2) is 14.5 Å². The molecule has 0 saturated carbocycles. The highest BCUT2D eigenvalue weighted by Crippen LogP contribution is 2.24. The van der Waals surface area contributed by atoms with Gasteiger partial charge in [0.15, 0.2) is 0 Å². The number of benzene rings is 1. The van der Waals surface area contributed by atoms with Crippen molar-refractivity contribution in [2.24, 2.45) is 7.05 Å². The van der Waals surface area contributed by atoms with Crippen LogP contribution in [0.2, 0.25) is 5.15 Å². The second-order valence-corrected chi connectivity index (χ2v) is 4.71. The fourth-order valence-corrected chi connectivity index (χ4v) is 2.23. The average Bonchev–Trinajstić information content (AvgIpc) is 2.81. The summed E-state index contributed by atoms with van der Waals surface area (Å²) in [5, 5.41) is 5.91. The van der Waals surface area contributed by atoms with Gasteiger partial charge in [0.1, 0.15) is 16.8 Å². The Bertz CT molecular complexity index is 720. The lowest BCUT2D eigenvalue weighted by molar-refractivity contribution is 0.811. The smallest absolute Gasteiger partial charge is 0.136 e. The predicted molar refractivity (Wildman–Crippen MR) is 77.3 cm³/mol. The molecule has 5 heteroatoms. The summed E-state index contributed by atoms with van der Waals surface area (Å²) in [4.78, 5) is 8.62. The Morgan fingerprint density at radius 2 is 2.16 bits per heavy atom. The van der Waals surface area contributed by atoms with E-state index in [2.05, 4.69) is 15.3 Å². The van der Waals surface area contributed by atoms with Crippen LogP contribution in [0.25, 0.3) is 10.8 Å². The summed E-state index contributed by atoms with van der Waals surface area (Å²) in [6.07, 6.45) is 3.70. The third-order valence-corrected chi connectivity index (χ3v) is 3.24. The summed E-state index contributed by atoms with van der Waals surface area (Å²) in [5.41, 5.74) is 0. The monoisotopic (exact) mass is 272 g/mol. The van der Waals surface area contributed by atoms with Crippen LogP contribution in [0.3, 0.4) is 0 Å². The zero-order chi connectivity index (χ0) is 13.2. The second kappa shape index (κ2) is 4.90. The Hall–Kier alpha value is -2.07. The highest BCUT2D eigenvalue weighted by Gasteiger charge is 2.06. The minimum absolute atomic E-state index is 0.487. The van der Waals surface area contributed by atoms with Gasteiger partial charge in [0, 0.05) is 24.8 Å². The van der Waals surface area contributed by atoms with E-state index in [1.807, 2.05) is 48.1 Å². The quantitative estimate of drug-likeness (QED) is 0.745. The van der Waals surface area contributed by atoms with E-state index in [0.29, 0.717) is 11.7 Å². The Morgan fingerprint density at radius 1 is 1.32 bits per heavy atom. The fourth-order valence-electron chi connectivity index (χ4n) is 2.03. The number of aryl methyl sites for hydroxylation is 1. The molecule has 4 nitrogen and oxygen atoms in total. The van der Waals surface area contributed by atoms with E-state index in [0.717, 1.165) is 22.4 Å². The molecule has 0 radical (unpaired) electrons. The Balaban J connectivity index is 1.94. The van der Waals surface area contributed by atoms with E-state index in [-0.39, 0.29) is 0 Å². The van der Waals surface area contributed by atoms with Crippen LogP contribution < -0.4 is 5.32 Å². The zero-order valence-corrected chi connectivity index (χ0v) is 11.2. The van der Waals surface area contributed by atoms with Gasteiger partial charge in [-0.05, 0) is 11.5 Å². The van der Waals surface area contributed by atoms with Gasteiger partial charge in [0.25, 0.3) is 0 Å². The number of halogens is 1. The van der Waals surface area contributed by atoms with E-state index in [1.54, 1.807) is 6.20 Å². The first-order valence-electron chi connectivity index (χ1n) is 5.99. The molecule has 1 aromatic carbocycles. The van der Waals surface area contributed by atoms with Crippen molar-refractivity contribution < 1.29 is 0 Å². The van der Waals surface area contributed by atoms with Gasteiger partial charge in [-0.2, -0.15) is 0 Å². The predicted octanol–water partition coefficient (Wildman–Crippen LogP) is 3.23. The lowest BCUT2D eigenvalue weighted by atomic mass is 10.1. The minimum atomic E-state index is 0.487. The molecule has 0 atom stereocenters. The number of hydrogen-bond donors (Lipinski definition) is 1. The van der Waals surface area contributed by atoms with Gasteiger partial charge in [-0.1, -0.05) is 35.9 Å². The maximum Gasteiger partial charge on any atom is 0.136 e. The van der Waals surface area contributed by atoms with Crippen LogP contribution in [0.4, 0.5) is 5.82 Å². The number of hydrogen-bond acceptors (Lipinski definition) is 3. The summed E-state index contributed by atoms with van der Waals surface area (Å²) < 4.78 is 1.97. The number of anilines is 1. The molecule has 1 N–H and O–H groups in total. The van der Waals surface area contributed by atoms with Crippen molar-refractivity contribution in [1.29, 1.82) is 0 Å². The lowest BCUT2D eigenvalue weighted by Crippen LogP contribution is -2.07. The molecule has 2 aromatic heterocycles. The van der Waals surface area contributed by atoms with Crippen molar-refractivity contribution in [3.05, 3.63) is 53.7 Å². The summed E-state index contributed by atoms with van der Waals surface area (Å²) in [6.45, 7) is 0.612. The Kier molecular flexibility index (Phi) is 3.09. The van der Waals surface area contributed by atoms with Crippen LogP contribution in [0.1, 0.15) is 5.82 Å². The first-order valence-corrected chi connectivity index (χ1v) is 6.37. The molecule has 0 aliphatic carbocycles. The minimum Gasteiger partial charge on any atom is -0.362 e. The number of imidazole rings is 1. The van der Waals surface area contributed by atoms with Crippen LogP contribution >= 0.6 is 11.6 Å². The SMILES string of the molecule is Cn1ccnc1CNc1nc(Cl)cc2ccccc12. The third-order valence-electron chi connectivity index (χ3n) is 3.04. The van der Waals surface area contributed by atoms with Crippen molar-refractivity contribution in [3.8, 4) is 0 Å². The van der Waals surface area contributed by atoms with Gasteiger partial charge < -0.3 is 9.88 Å². The molecular weight excluding hydrogens is 260 g/mol. The normalized spacial score (nSPS) is 10.8. The first-order chi connectivity index (χ1) is 9.24. The highest BCUT2D eigenvalue weighted by atomic mass is 35.5. The van der Waals surface area contributed by atoms with E-state index in [4.69, 9.17) is 11.6 Å². The molecule has 0 unspecified atom stereocenters. The lowest BCUT2D eigenvalue weighted by Gasteiger charge is -2.09. The Labute approximate surface area is 116 Å². The van der Waals surface area contributed by atoms with Crippen molar-refractivity contribution in [2.45, 2.75) is 6.54 Å². The summed E-state index contributed by atoms with van der Waals surface area (Å²) in [6, 6.07) is 9.89. The van der Waals surface area contributed by atoms with Gasteiger partial charge in [-0.25, -0.2) is 9.97 Å². The summed E-state index contributed by atoms with van der Waals surface area (Å²) in [5.74, 6) is 1.73. The molecule has 0 saturated heterocycles. The zero-order valence-electron chi connectivity index (χ0n) is 10.5. The van der Waals surface area contributed by atoms with Crippen molar-refractivity contribution in [2.75, 3.05) is 5.32 Å². The molecule has 0 amide bonds. The van der Waals surface area contributed by atoms with Crippen molar-refractivity contribution in [1.82, 2.24) is 14.5 Å². The van der Waals surface area contributed by atoms with E-state index in [9.17, 15) is 0 Å². The molecule has 96 valence electrons. The molecule has 0 fully saturated rings. The highest BCUT2D eigenvalue weighted by molar-refractivity contribution is 6.30. The van der Waals surface area contributed by atoms with Gasteiger partial charge >= 0.3 is 0 Å². The topological polar surface area (TPSA) is 42.7 Å². The standard InChI is InChI=1S/C14H13ClN4/c1-19-7-6-16-13(19)9-17-14-11-5-3-2-4-10(11)8-12(15)18-14/h2-8H,9H2,1H3,(H,17,18). The number of fused-ring (bicyclic) bond motifs is 1. The second-order valence-electron chi connectivity index (χ2n) is 4.32. The third kappa shape index (κ3) is 2.39. The number of aromatic nitrogens is 3. The molecule has 0 bridgehead atoms. The largest absolute Gasteiger partial charge is 0.362 e. The molecule has 3 aromatic rings. The maximum absolute atomic E-state index is 6.04. The van der Waals surface area contributed by atoms with E-state index in [1.165, 1.54) is 0 Å². The van der Waals surface area contributed by atoms with Crippen molar-refractivity contribution >= 4 is 28.2 Å². The van der Waals surface area contributed by atoms with Gasteiger partial charge in [-0.3, -0.25) is 0 Å². The molecule has 3 rings (SSSR count). The molecule has 0 aliphatic rings. The summed E-state index contributed by atoms with van der Waals surface area (Å²) in [7, 11) is 1.97. The molecule has 2 heterocycles. The van der Waals surface area contributed by atoms with Crippen LogP contribution in [0, 0.1) is 0 Å². The van der Waals surface area contributed by atoms with Crippen LogP contribution in [0.15, 0.2) is 42.7 Å². The maximum atomic E-state index is 6.04. The number of nitrogens with one attached hydrogen (secondary N) is 1. The fraction of sp³-hybridized carbons (Fsp3) is 0.143. The molecule has 0 aliphatic heterocycles. The van der Waals surface area contributed by atoms with E-state index >= 15 is 0 Å². The van der Waals surface area contributed by atoms with E-state index < -0.39 is 0 Å². The van der Waals surface area contributed by atoms with Gasteiger partial charge in [0.2, 0.25) is 0 Å². The summed E-state index contributed by atoms with van der Waals surface area (Å²) >= 11 is 6.04. The first kappa shape index (κ1) is 12.0. The average molecular weight is 273 g/mol. The molecule has 0 spiro atoms. The number of nitrogens with zero attached hydrogens (tertiary/aromatic N) is 3. The molecule has 19 heavy (non-hydrogen) atoms. The van der Waals surface area contributed by atoms with Crippen LogP contribution in [-0.2, 0) is 13.6 Å². The Morgan fingerprint density at radius 3 is 2.95 bits per heavy atom. The van der Waals surface area contributed by atoms with Gasteiger partial charge in [-0.15, -0.1) is 0 Å². The van der Waals surface area contributed by atoms with Crippen LogP contribution in [0.5, 0.6) is 0 Å².